The summed E-state index contributed by atoms with van der Waals surface area (Å²) in [6.45, 7) is 3.40. The molecule has 4 unspecified atom stereocenters. The van der Waals surface area contributed by atoms with Crippen LogP contribution in [-0.4, -0.2) is 42.6 Å². The van der Waals surface area contributed by atoms with E-state index in [4.69, 9.17) is 10.5 Å². The zero-order valence-electron chi connectivity index (χ0n) is 12.9. The molecular formula is C16H21ClF2N2O2. The van der Waals surface area contributed by atoms with Gasteiger partial charge in [-0.1, -0.05) is 6.07 Å². The van der Waals surface area contributed by atoms with Crippen LogP contribution in [0.2, 0.25) is 0 Å². The smallest absolute Gasteiger partial charge is 0.226 e. The van der Waals surface area contributed by atoms with Crippen molar-refractivity contribution in [3.63, 3.8) is 0 Å². The standard InChI is InChI=1S/C16H20F2N2O2.ClH/c1-9(19)15-8-20(4-5-22-15)16(21)12-7-11(12)10-2-3-13(17)14(18)6-10;/h2-3,6,9,11-12,15H,4-5,7-8,19H2,1H3;1H. The normalized spacial score (nSPS) is 28.0. The van der Waals surface area contributed by atoms with Crippen molar-refractivity contribution in [3.05, 3.63) is 35.4 Å². The second kappa shape index (κ2) is 7.11. The predicted octanol–water partition coefficient (Wildman–Crippen LogP) is 2.06. The molecule has 0 spiro atoms. The Labute approximate surface area is 140 Å². The van der Waals surface area contributed by atoms with Crippen LogP contribution in [0.4, 0.5) is 8.78 Å². The summed E-state index contributed by atoms with van der Waals surface area (Å²) >= 11 is 0. The van der Waals surface area contributed by atoms with Crippen molar-refractivity contribution in [1.82, 2.24) is 4.90 Å². The molecule has 4 atom stereocenters. The van der Waals surface area contributed by atoms with Gasteiger partial charge in [0.05, 0.1) is 12.7 Å². The fourth-order valence-electron chi connectivity index (χ4n) is 3.01. The summed E-state index contributed by atoms with van der Waals surface area (Å²) in [5, 5.41) is 0. The molecule has 1 aromatic carbocycles. The molecule has 1 aliphatic carbocycles. The molecule has 2 fully saturated rings. The second-order valence-electron chi connectivity index (χ2n) is 6.17. The van der Waals surface area contributed by atoms with Gasteiger partial charge in [-0.15, -0.1) is 12.4 Å². The monoisotopic (exact) mass is 346 g/mol. The number of benzene rings is 1. The zero-order chi connectivity index (χ0) is 15.9. The van der Waals surface area contributed by atoms with E-state index in [0.29, 0.717) is 31.7 Å². The maximum atomic E-state index is 13.3. The van der Waals surface area contributed by atoms with E-state index in [1.807, 2.05) is 6.92 Å². The van der Waals surface area contributed by atoms with Gasteiger partial charge in [-0.05, 0) is 37.0 Å². The molecule has 1 amide bonds. The third kappa shape index (κ3) is 3.82. The molecule has 1 heterocycles. The largest absolute Gasteiger partial charge is 0.373 e. The Morgan fingerprint density at radius 3 is 2.78 bits per heavy atom. The lowest BCUT2D eigenvalue weighted by atomic mass is 10.1. The number of morpholine rings is 1. The van der Waals surface area contributed by atoms with E-state index in [-0.39, 0.29) is 42.3 Å². The van der Waals surface area contributed by atoms with E-state index in [0.717, 1.165) is 6.07 Å². The highest BCUT2D eigenvalue weighted by atomic mass is 35.5. The van der Waals surface area contributed by atoms with Crippen molar-refractivity contribution in [3.8, 4) is 0 Å². The molecule has 1 aliphatic heterocycles. The Kier molecular flexibility index (Phi) is 5.60. The van der Waals surface area contributed by atoms with E-state index < -0.39 is 11.6 Å². The van der Waals surface area contributed by atoms with Crippen molar-refractivity contribution in [2.45, 2.75) is 31.4 Å². The molecule has 7 heteroatoms. The SMILES string of the molecule is CC(N)C1CN(C(=O)C2CC2c2ccc(F)c(F)c2)CCO1.Cl. The molecule has 2 aliphatic rings. The lowest BCUT2D eigenvalue weighted by Gasteiger charge is -2.35. The first kappa shape index (κ1) is 18.1. The molecule has 4 nitrogen and oxygen atoms in total. The first-order chi connectivity index (χ1) is 10.5. The molecular weight excluding hydrogens is 326 g/mol. The minimum Gasteiger partial charge on any atom is -0.373 e. The van der Waals surface area contributed by atoms with Gasteiger partial charge in [-0.25, -0.2) is 8.78 Å². The van der Waals surface area contributed by atoms with Crippen molar-refractivity contribution < 1.29 is 18.3 Å². The number of nitrogens with two attached hydrogens (primary N) is 1. The van der Waals surface area contributed by atoms with Gasteiger partial charge in [0.25, 0.3) is 0 Å². The van der Waals surface area contributed by atoms with Gasteiger partial charge in [-0.3, -0.25) is 4.79 Å². The summed E-state index contributed by atoms with van der Waals surface area (Å²) in [6, 6.07) is 3.74. The quantitative estimate of drug-likeness (QED) is 0.911. The highest BCUT2D eigenvalue weighted by Crippen LogP contribution is 2.48. The van der Waals surface area contributed by atoms with Crippen molar-refractivity contribution in [1.29, 1.82) is 0 Å². The van der Waals surface area contributed by atoms with Gasteiger partial charge in [0, 0.05) is 25.0 Å². The molecule has 128 valence electrons. The van der Waals surface area contributed by atoms with Crippen LogP contribution in [0, 0.1) is 17.6 Å². The summed E-state index contributed by atoms with van der Waals surface area (Å²) in [5.74, 6) is -1.82. The molecule has 0 radical (unpaired) electrons. The Hall–Kier alpha value is -1.24. The van der Waals surface area contributed by atoms with Gasteiger partial charge in [0.15, 0.2) is 11.6 Å². The first-order valence-electron chi connectivity index (χ1n) is 7.58. The summed E-state index contributed by atoms with van der Waals surface area (Å²) in [5.41, 5.74) is 6.52. The lowest BCUT2D eigenvalue weighted by Crippen LogP contribution is -2.51. The minimum absolute atomic E-state index is 0. The maximum Gasteiger partial charge on any atom is 0.226 e. The van der Waals surface area contributed by atoms with Crippen LogP contribution in [0.5, 0.6) is 0 Å². The second-order valence-corrected chi connectivity index (χ2v) is 6.17. The fourth-order valence-corrected chi connectivity index (χ4v) is 3.01. The number of carbonyl (C=O) groups is 1. The Bertz CT molecular complexity index is 585. The van der Waals surface area contributed by atoms with E-state index in [1.165, 1.54) is 6.07 Å². The summed E-state index contributed by atoms with van der Waals surface area (Å²) in [6.07, 6.45) is 0.544. The molecule has 23 heavy (non-hydrogen) atoms. The number of hydrogen-bond donors (Lipinski definition) is 1. The van der Waals surface area contributed by atoms with Crippen molar-refractivity contribution in [2.75, 3.05) is 19.7 Å². The maximum absolute atomic E-state index is 13.3. The molecule has 3 rings (SSSR count). The van der Waals surface area contributed by atoms with E-state index in [1.54, 1.807) is 11.0 Å². The van der Waals surface area contributed by atoms with E-state index in [9.17, 15) is 13.6 Å². The molecule has 1 aromatic rings. The molecule has 1 saturated heterocycles. The lowest BCUT2D eigenvalue weighted by molar-refractivity contribution is -0.140. The number of rotatable bonds is 3. The molecule has 1 saturated carbocycles. The average molecular weight is 347 g/mol. The van der Waals surface area contributed by atoms with Crippen molar-refractivity contribution in [2.24, 2.45) is 11.7 Å². The number of carbonyl (C=O) groups excluding carboxylic acids is 1. The number of ether oxygens (including phenoxy) is 1. The van der Waals surface area contributed by atoms with Crippen LogP contribution >= 0.6 is 12.4 Å². The fraction of sp³-hybridized carbons (Fsp3) is 0.562. The highest BCUT2D eigenvalue weighted by Gasteiger charge is 2.46. The van der Waals surface area contributed by atoms with Gasteiger partial charge in [0.1, 0.15) is 0 Å². The van der Waals surface area contributed by atoms with Gasteiger partial charge >= 0.3 is 0 Å². The molecule has 2 N–H and O–H groups in total. The van der Waals surface area contributed by atoms with Gasteiger partial charge in [0.2, 0.25) is 5.91 Å². The van der Waals surface area contributed by atoms with E-state index in [2.05, 4.69) is 0 Å². The van der Waals surface area contributed by atoms with Crippen LogP contribution in [0.3, 0.4) is 0 Å². The predicted molar refractivity (Wildman–Crippen MR) is 84.4 cm³/mol. The summed E-state index contributed by atoms with van der Waals surface area (Å²) < 4.78 is 31.8. The first-order valence-corrected chi connectivity index (χ1v) is 7.58. The van der Waals surface area contributed by atoms with Crippen LogP contribution in [0.1, 0.15) is 24.8 Å². The summed E-state index contributed by atoms with van der Waals surface area (Å²) in [7, 11) is 0. The minimum atomic E-state index is -0.862. The Morgan fingerprint density at radius 1 is 1.39 bits per heavy atom. The summed E-state index contributed by atoms with van der Waals surface area (Å²) in [4.78, 5) is 14.3. The van der Waals surface area contributed by atoms with Crippen LogP contribution < -0.4 is 5.73 Å². The molecule has 0 aromatic heterocycles. The highest BCUT2D eigenvalue weighted by molar-refractivity contribution is 5.85. The van der Waals surface area contributed by atoms with Crippen molar-refractivity contribution >= 4 is 18.3 Å². The topological polar surface area (TPSA) is 55.6 Å². The number of amides is 1. The van der Waals surface area contributed by atoms with Crippen LogP contribution in [-0.2, 0) is 9.53 Å². The van der Waals surface area contributed by atoms with Gasteiger partial charge in [-0.2, -0.15) is 0 Å². The average Bonchev–Trinajstić information content (AvgIpc) is 3.30. The Morgan fingerprint density at radius 2 is 2.13 bits per heavy atom. The molecule has 0 bridgehead atoms. The third-order valence-electron chi connectivity index (χ3n) is 4.47. The zero-order valence-corrected chi connectivity index (χ0v) is 13.7. The number of halogens is 3. The van der Waals surface area contributed by atoms with E-state index >= 15 is 0 Å². The third-order valence-corrected chi connectivity index (χ3v) is 4.47. The van der Waals surface area contributed by atoms with Gasteiger partial charge < -0.3 is 15.4 Å². The number of nitrogens with zero attached hydrogens (tertiary/aromatic N) is 1. The van der Waals surface area contributed by atoms with Crippen LogP contribution in [0.25, 0.3) is 0 Å². The van der Waals surface area contributed by atoms with Crippen LogP contribution in [0.15, 0.2) is 18.2 Å². The Balaban J connectivity index is 0.00000192. The number of hydrogen-bond acceptors (Lipinski definition) is 3.